The smallest absolute Gasteiger partial charge is 0.227 e. The van der Waals surface area contributed by atoms with Crippen molar-refractivity contribution in [2.45, 2.75) is 107 Å². The van der Waals surface area contributed by atoms with Crippen molar-refractivity contribution >= 4 is 40.6 Å². The Hall–Kier alpha value is -2.30. The number of thiazole rings is 1. The minimum atomic E-state index is -0.230. The molecule has 5 N–H and O–H groups in total. The van der Waals surface area contributed by atoms with E-state index in [4.69, 9.17) is 5.11 Å². The third-order valence-corrected chi connectivity index (χ3v) is 8.56. The van der Waals surface area contributed by atoms with Gasteiger partial charge in [0, 0.05) is 23.9 Å². The Labute approximate surface area is 241 Å². The van der Waals surface area contributed by atoms with Crippen LogP contribution in [-0.2, 0) is 16.0 Å². The molecular formula is C29H45N3O5S2. The first kappa shape index (κ1) is 32.9. The number of unbranched alkanes of at least 4 members (excludes halogenated alkanes) is 8. The Bertz CT molecular complexity index is 1010. The largest absolute Gasteiger partial charge is 0.507 e. The number of rotatable bonds is 20. The first-order chi connectivity index (χ1) is 18.9. The second-order valence-electron chi connectivity index (χ2n) is 9.89. The van der Waals surface area contributed by atoms with Gasteiger partial charge in [0.2, 0.25) is 11.8 Å². The molecule has 1 aromatic carbocycles. The third kappa shape index (κ3) is 12.6. The van der Waals surface area contributed by atoms with Crippen molar-refractivity contribution in [3.8, 4) is 11.5 Å². The highest BCUT2D eigenvalue weighted by Crippen LogP contribution is 2.41. The van der Waals surface area contributed by atoms with Gasteiger partial charge in [-0.05, 0) is 18.9 Å². The van der Waals surface area contributed by atoms with Crippen LogP contribution in [0.2, 0.25) is 0 Å². The van der Waals surface area contributed by atoms with E-state index in [1.54, 1.807) is 5.38 Å². The van der Waals surface area contributed by atoms with Gasteiger partial charge in [0.1, 0.15) is 11.5 Å². The lowest BCUT2D eigenvalue weighted by Crippen LogP contribution is -2.27. The third-order valence-electron chi connectivity index (χ3n) is 6.52. The number of anilines is 1. The lowest BCUT2D eigenvalue weighted by atomic mass is 9.93. The van der Waals surface area contributed by atoms with Gasteiger partial charge in [0.15, 0.2) is 4.34 Å². The van der Waals surface area contributed by atoms with Crippen LogP contribution in [0.15, 0.2) is 26.7 Å². The van der Waals surface area contributed by atoms with E-state index in [0.717, 1.165) is 51.4 Å². The van der Waals surface area contributed by atoms with Crippen LogP contribution in [0.4, 0.5) is 5.69 Å². The monoisotopic (exact) mass is 579 g/mol. The molecule has 1 aromatic heterocycles. The summed E-state index contributed by atoms with van der Waals surface area (Å²) in [5, 5.41) is 37.3. The number of hydrogen-bond donors (Lipinski definition) is 5. The van der Waals surface area contributed by atoms with E-state index in [1.165, 1.54) is 60.9 Å². The number of aromatic nitrogens is 1. The van der Waals surface area contributed by atoms with Crippen LogP contribution in [0.1, 0.15) is 96.6 Å². The molecule has 0 saturated carbocycles. The van der Waals surface area contributed by atoms with Crippen LogP contribution in [0.25, 0.3) is 0 Å². The highest BCUT2D eigenvalue weighted by molar-refractivity contribution is 8.01. The van der Waals surface area contributed by atoms with E-state index in [9.17, 15) is 19.8 Å². The van der Waals surface area contributed by atoms with Crippen molar-refractivity contribution in [2.24, 2.45) is 5.92 Å². The fraction of sp³-hybridized carbons (Fsp3) is 0.621. The van der Waals surface area contributed by atoms with Gasteiger partial charge < -0.3 is 26.0 Å². The number of carbonyl (C=O) groups excluding carboxylic acids is 2. The quantitative estimate of drug-likeness (QED) is 0.0675. The number of nitrogens with zero attached hydrogens (tertiary/aromatic N) is 1. The first-order valence-corrected chi connectivity index (χ1v) is 15.9. The van der Waals surface area contributed by atoms with Gasteiger partial charge in [0.05, 0.1) is 29.3 Å². The number of aromatic hydroxyl groups is 2. The minimum Gasteiger partial charge on any atom is -0.507 e. The van der Waals surface area contributed by atoms with Crippen LogP contribution < -0.4 is 10.6 Å². The average Bonchev–Trinajstić information content (AvgIpc) is 3.35. The molecule has 2 rings (SSSR count). The molecule has 0 aliphatic rings. The molecule has 218 valence electrons. The molecule has 8 nitrogen and oxygen atoms in total. The highest BCUT2D eigenvalue weighted by Gasteiger charge is 2.21. The summed E-state index contributed by atoms with van der Waals surface area (Å²) in [7, 11) is 0. The summed E-state index contributed by atoms with van der Waals surface area (Å²) >= 11 is 2.50. The summed E-state index contributed by atoms with van der Waals surface area (Å²) in [4.78, 5) is 29.8. The van der Waals surface area contributed by atoms with Crippen molar-refractivity contribution in [1.29, 1.82) is 0 Å². The lowest BCUT2D eigenvalue weighted by Gasteiger charge is -2.18. The summed E-state index contributed by atoms with van der Waals surface area (Å²) in [5.41, 5.74) is 0.782. The second kappa shape index (κ2) is 18.9. The predicted molar refractivity (Wildman–Crippen MR) is 159 cm³/mol. The molecule has 0 radical (unpaired) electrons. The number of phenols is 2. The van der Waals surface area contributed by atoms with E-state index in [0.29, 0.717) is 14.9 Å². The van der Waals surface area contributed by atoms with E-state index < -0.39 is 0 Å². The number of amides is 2. The normalized spacial score (nSPS) is 11.9. The van der Waals surface area contributed by atoms with Crippen molar-refractivity contribution in [2.75, 3.05) is 18.5 Å². The number of benzene rings is 1. The maximum atomic E-state index is 13.2. The van der Waals surface area contributed by atoms with Gasteiger partial charge >= 0.3 is 0 Å². The minimum absolute atomic E-state index is 0.0686. The summed E-state index contributed by atoms with van der Waals surface area (Å²) in [6, 6.07) is 2.81. The van der Waals surface area contributed by atoms with E-state index in [2.05, 4.69) is 29.5 Å². The van der Waals surface area contributed by atoms with Crippen molar-refractivity contribution in [3.63, 3.8) is 0 Å². The maximum Gasteiger partial charge on any atom is 0.227 e. The molecule has 2 aromatic rings. The van der Waals surface area contributed by atoms with Gasteiger partial charge in [-0.3, -0.25) is 9.59 Å². The van der Waals surface area contributed by atoms with Gasteiger partial charge in [-0.25, -0.2) is 4.98 Å². The molecule has 0 aliphatic heterocycles. The SMILES string of the molecule is CCCCCCCCC(CCCCCC)C(=O)Nc1cc(O)c(Sc2nc(CC(=O)NCCO)cs2)cc1O. The molecule has 0 saturated heterocycles. The fourth-order valence-corrected chi connectivity index (χ4v) is 6.14. The number of aliphatic hydroxyl groups excluding tert-OH is 1. The standard InChI is InChI=1S/C29H45N3O5S2/c1-3-5-7-9-10-12-14-21(13-11-8-6-4-2)28(37)32-23-18-25(35)26(19-24(23)34)39-29-31-22(20-38-29)17-27(36)30-15-16-33/h18-21,33-35H,3-17H2,1-2H3,(H,30,36)(H,32,37). The number of aliphatic hydroxyl groups is 1. The zero-order valence-electron chi connectivity index (χ0n) is 23.3. The van der Waals surface area contributed by atoms with Crippen LogP contribution in [0.5, 0.6) is 11.5 Å². The maximum absolute atomic E-state index is 13.2. The van der Waals surface area contributed by atoms with Crippen LogP contribution >= 0.6 is 23.1 Å². The molecule has 1 heterocycles. The van der Waals surface area contributed by atoms with Crippen molar-refractivity contribution in [3.05, 3.63) is 23.2 Å². The molecule has 0 fully saturated rings. The number of phenolic OH excluding ortho intramolecular Hbond substituents is 2. The topological polar surface area (TPSA) is 132 Å². The van der Waals surface area contributed by atoms with Crippen LogP contribution in [0.3, 0.4) is 0 Å². The van der Waals surface area contributed by atoms with Gasteiger partial charge in [0.25, 0.3) is 0 Å². The number of nitrogens with one attached hydrogen (secondary N) is 2. The Kier molecular flexibility index (Phi) is 15.9. The predicted octanol–water partition coefficient (Wildman–Crippen LogP) is 6.63. The molecule has 0 bridgehead atoms. The first-order valence-electron chi connectivity index (χ1n) is 14.2. The lowest BCUT2D eigenvalue weighted by molar-refractivity contribution is -0.121. The summed E-state index contributed by atoms with van der Waals surface area (Å²) < 4.78 is 0.609. The number of carbonyl (C=O) groups is 2. The Morgan fingerprint density at radius 1 is 0.949 bits per heavy atom. The van der Waals surface area contributed by atoms with Crippen molar-refractivity contribution < 1.29 is 24.9 Å². The molecule has 1 atom stereocenters. The molecule has 2 amide bonds. The molecule has 0 aliphatic carbocycles. The van der Waals surface area contributed by atoms with Gasteiger partial charge in [-0.1, -0.05) is 89.8 Å². The Morgan fingerprint density at radius 3 is 2.26 bits per heavy atom. The van der Waals surface area contributed by atoms with Crippen molar-refractivity contribution in [1.82, 2.24) is 10.3 Å². The summed E-state index contributed by atoms with van der Waals surface area (Å²) in [6.45, 7) is 4.45. The molecule has 1 unspecified atom stereocenters. The fourth-order valence-electron chi connectivity index (χ4n) is 4.30. The van der Waals surface area contributed by atoms with Crippen LogP contribution in [0, 0.1) is 5.92 Å². The average molecular weight is 580 g/mol. The molecular weight excluding hydrogens is 534 g/mol. The zero-order valence-corrected chi connectivity index (χ0v) is 25.0. The van der Waals surface area contributed by atoms with Gasteiger partial charge in [-0.2, -0.15) is 0 Å². The number of hydrogen-bond acceptors (Lipinski definition) is 8. The Morgan fingerprint density at radius 2 is 1.59 bits per heavy atom. The highest BCUT2D eigenvalue weighted by atomic mass is 32.2. The van der Waals surface area contributed by atoms with E-state index in [-0.39, 0.29) is 54.5 Å². The van der Waals surface area contributed by atoms with E-state index in [1.807, 2.05) is 0 Å². The zero-order chi connectivity index (χ0) is 28.5. The van der Waals surface area contributed by atoms with E-state index >= 15 is 0 Å². The van der Waals surface area contributed by atoms with Gasteiger partial charge in [-0.15, -0.1) is 11.3 Å². The summed E-state index contributed by atoms with van der Waals surface area (Å²) in [5.74, 6) is -0.646. The molecule has 10 heteroatoms. The van der Waals surface area contributed by atoms with Crippen LogP contribution in [-0.4, -0.2) is 45.3 Å². The Balaban J connectivity index is 1.99. The molecule has 0 spiro atoms. The second-order valence-corrected chi connectivity index (χ2v) is 12.0. The molecule has 39 heavy (non-hydrogen) atoms. The summed E-state index contributed by atoms with van der Waals surface area (Å²) in [6.07, 6.45) is 13.2.